The molecule has 7 heteroatoms. The molecule has 136 valence electrons. The van der Waals surface area contributed by atoms with E-state index in [1.807, 2.05) is 6.92 Å². The summed E-state index contributed by atoms with van der Waals surface area (Å²) in [5.74, 6) is -1.86. The maximum Gasteiger partial charge on any atom is 0.317 e. The van der Waals surface area contributed by atoms with Crippen LogP contribution in [-0.4, -0.2) is 47.9 Å². The van der Waals surface area contributed by atoms with Gasteiger partial charge >= 0.3 is 6.03 Å². The summed E-state index contributed by atoms with van der Waals surface area (Å²) in [6, 6.07) is 3.87. The molecule has 25 heavy (non-hydrogen) atoms. The molecule has 3 amide bonds. The van der Waals surface area contributed by atoms with Gasteiger partial charge in [-0.3, -0.25) is 4.79 Å². The van der Waals surface area contributed by atoms with Crippen molar-refractivity contribution in [3.05, 3.63) is 35.4 Å². The van der Waals surface area contributed by atoms with Crippen molar-refractivity contribution in [2.24, 2.45) is 5.41 Å². The van der Waals surface area contributed by atoms with Crippen molar-refractivity contribution in [3.63, 3.8) is 0 Å². The molecular formula is C18H23F2N3O2. The summed E-state index contributed by atoms with van der Waals surface area (Å²) in [4.78, 5) is 28.3. The van der Waals surface area contributed by atoms with Crippen molar-refractivity contribution in [2.75, 3.05) is 26.2 Å². The highest BCUT2D eigenvalue weighted by molar-refractivity contribution is 5.85. The minimum absolute atomic E-state index is 0.0608. The number of likely N-dealkylation sites (tertiary alicyclic amines) is 2. The van der Waals surface area contributed by atoms with Gasteiger partial charge in [0, 0.05) is 38.3 Å². The predicted molar refractivity (Wildman–Crippen MR) is 88.7 cm³/mol. The number of carbonyl (C=O) groups excluding carboxylic acids is 2. The van der Waals surface area contributed by atoms with E-state index in [2.05, 4.69) is 5.32 Å². The number of urea groups is 1. The number of hydrogen-bond donors (Lipinski definition) is 1. The molecule has 0 saturated carbocycles. The van der Waals surface area contributed by atoms with E-state index in [1.165, 1.54) is 12.1 Å². The second kappa shape index (κ2) is 6.98. The van der Waals surface area contributed by atoms with Crippen LogP contribution in [-0.2, 0) is 11.3 Å². The molecule has 2 aliphatic rings. The van der Waals surface area contributed by atoms with Gasteiger partial charge in [0.2, 0.25) is 5.91 Å². The molecule has 1 N–H and O–H groups in total. The standard InChI is InChI=1S/C18H23F2N3O2/c1-2-21-17(25)23-10-8-18(12-23)7-4-9-22(16(18)24)11-13-5-3-6-14(19)15(13)20/h3,5-6H,2,4,7-12H2,1H3,(H,21,25)/t18-/m0/s1. The lowest BCUT2D eigenvalue weighted by molar-refractivity contribution is -0.146. The highest BCUT2D eigenvalue weighted by Gasteiger charge is 2.49. The molecule has 5 nitrogen and oxygen atoms in total. The first-order valence-electron chi connectivity index (χ1n) is 8.72. The molecule has 1 spiro atoms. The first-order valence-corrected chi connectivity index (χ1v) is 8.72. The van der Waals surface area contributed by atoms with Gasteiger partial charge in [-0.05, 0) is 32.3 Å². The molecular weight excluding hydrogens is 328 g/mol. The van der Waals surface area contributed by atoms with Crippen LogP contribution in [0.5, 0.6) is 0 Å². The molecule has 1 aromatic carbocycles. The molecule has 2 heterocycles. The van der Waals surface area contributed by atoms with Crippen LogP contribution in [0.4, 0.5) is 13.6 Å². The number of amides is 3. The summed E-state index contributed by atoms with van der Waals surface area (Å²) < 4.78 is 27.3. The Morgan fingerprint density at radius 2 is 2.08 bits per heavy atom. The molecule has 0 unspecified atom stereocenters. The Labute approximate surface area is 146 Å². The number of rotatable bonds is 3. The lowest BCUT2D eigenvalue weighted by atomic mass is 9.78. The number of nitrogens with one attached hydrogen (secondary N) is 1. The van der Waals surface area contributed by atoms with Crippen LogP contribution in [0.1, 0.15) is 31.7 Å². The Balaban J connectivity index is 1.73. The second-order valence-electron chi connectivity index (χ2n) is 6.83. The van der Waals surface area contributed by atoms with Gasteiger partial charge in [0.1, 0.15) is 0 Å². The van der Waals surface area contributed by atoms with E-state index in [4.69, 9.17) is 0 Å². The Morgan fingerprint density at radius 1 is 1.28 bits per heavy atom. The third-order valence-corrected chi connectivity index (χ3v) is 5.19. The molecule has 0 radical (unpaired) electrons. The van der Waals surface area contributed by atoms with Gasteiger partial charge in [-0.15, -0.1) is 0 Å². The topological polar surface area (TPSA) is 52.7 Å². The minimum atomic E-state index is -0.903. The largest absolute Gasteiger partial charge is 0.338 e. The zero-order valence-corrected chi connectivity index (χ0v) is 14.4. The van der Waals surface area contributed by atoms with E-state index < -0.39 is 17.0 Å². The first kappa shape index (κ1) is 17.6. The van der Waals surface area contributed by atoms with Crippen LogP contribution in [0.3, 0.4) is 0 Å². The number of halogens is 2. The summed E-state index contributed by atoms with van der Waals surface area (Å²) in [5, 5.41) is 2.76. The molecule has 2 saturated heterocycles. The third kappa shape index (κ3) is 3.32. The molecule has 1 aromatic rings. The summed E-state index contributed by atoms with van der Waals surface area (Å²) >= 11 is 0. The molecule has 1 atom stereocenters. The van der Waals surface area contributed by atoms with Gasteiger partial charge in [-0.25, -0.2) is 13.6 Å². The Bertz CT molecular complexity index is 682. The zero-order chi connectivity index (χ0) is 18.0. The van der Waals surface area contributed by atoms with Gasteiger partial charge in [0.05, 0.1) is 5.41 Å². The highest BCUT2D eigenvalue weighted by Crippen LogP contribution is 2.40. The molecule has 0 aromatic heterocycles. The Kier molecular flexibility index (Phi) is 4.92. The van der Waals surface area contributed by atoms with Gasteiger partial charge in [0.15, 0.2) is 11.6 Å². The summed E-state index contributed by atoms with van der Waals surface area (Å²) in [5.41, 5.74) is -0.406. The van der Waals surface area contributed by atoms with Crippen LogP contribution < -0.4 is 5.32 Å². The predicted octanol–water partition coefficient (Wildman–Crippen LogP) is 2.51. The maximum atomic E-state index is 13.9. The zero-order valence-electron chi connectivity index (χ0n) is 14.4. The fourth-order valence-corrected chi connectivity index (χ4v) is 3.87. The molecule has 0 bridgehead atoms. The number of nitrogens with zero attached hydrogens (tertiary/aromatic N) is 2. The molecule has 0 aliphatic carbocycles. The van der Waals surface area contributed by atoms with Crippen molar-refractivity contribution >= 4 is 11.9 Å². The lowest BCUT2D eigenvalue weighted by Gasteiger charge is -2.39. The van der Waals surface area contributed by atoms with Crippen molar-refractivity contribution in [2.45, 2.75) is 32.7 Å². The van der Waals surface area contributed by atoms with Crippen LogP contribution in [0.2, 0.25) is 0 Å². The van der Waals surface area contributed by atoms with Gasteiger partial charge in [-0.1, -0.05) is 12.1 Å². The SMILES string of the molecule is CCNC(=O)N1CC[C@@]2(CCCN(Cc3cccc(F)c3F)C2=O)C1. The number of piperidine rings is 1. The normalized spacial score (nSPS) is 23.4. The summed E-state index contributed by atoms with van der Waals surface area (Å²) in [7, 11) is 0. The summed E-state index contributed by atoms with van der Waals surface area (Å²) in [6.07, 6.45) is 2.14. The van der Waals surface area contributed by atoms with E-state index in [0.717, 1.165) is 18.9 Å². The van der Waals surface area contributed by atoms with Crippen LogP contribution in [0, 0.1) is 17.0 Å². The third-order valence-electron chi connectivity index (χ3n) is 5.19. The van der Waals surface area contributed by atoms with Crippen molar-refractivity contribution in [1.29, 1.82) is 0 Å². The molecule has 3 rings (SSSR count). The van der Waals surface area contributed by atoms with E-state index in [0.29, 0.717) is 32.6 Å². The van der Waals surface area contributed by atoms with Crippen LogP contribution in [0.15, 0.2) is 18.2 Å². The average Bonchev–Trinajstić information content (AvgIpc) is 3.02. The lowest BCUT2D eigenvalue weighted by Crippen LogP contribution is -2.50. The van der Waals surface area contributed by atoms with Gasteiger partial charge in [0.25, 0.3) is 0 Å². The van der Waals surface area contributed by atoms with Crippen molar-refractivity contribution in [3.8, 4) is 0 Å². The van der Waals surface area contributed by atoms with Gasteiger partial charge in [-0.2, -0.15) is 0 Å². The van der Waals surface area contributed by atoms with E-state index in [-0.39, 0.29) is 24.0 Å². The fraction of sp³-hybridized carbons (Fsp3) is 0.556. The van der Waals surface area contributed by atoms with Crippen molar-refractivity contribution in [1.82, 2.24) is 15.1 Å². The number of hydrogen-bond acceptors (Lipinski definition) is 2. The first-order chi connectivity index (χ1) is 12.0. The van der Waals surface area contributed by atoms with Crippen molar-refractivity contribution < 1.29 is 18.4 Å². The van der Waals surface area contributed by atoms with E-state index in [1.54, 1.807) is 9.80 Å². The number of benzene rings is 1. The molecule has 2 fully saturated rings. The van der Waals surface area contributed by atoms with E-state index >= 15 is 0 Å². The average molecular weight is 351 g/mol. The Morgan fingerprint density at radius 3 is 2.84 bits per heavy atom. The Hall–Kier alpha value is -2.18. The van der Waals surface area contributed by atoms with E-state index in [9.17, 15) is 18.4 Å². The van der Waals surface area contributed by atoms with Crippen LogP contribution in [0.25, 0.3) is 0 Å². The monoisotopic (exact) mass is 351 g/mol. The quantitative estimate of drug-likeness (QED) is 0.910. The smallest absolute Gasteiger partial charge is 0.317 e. The minimum Gasteiger partial charge on any atom is -0.338 e. The maximum absolute atomic E-state index is 13.9. The highest BCUT2D eigenvalue weighted by atomic mass is 19.2. The van der Waals surface area contributed by atoms with Gasteiger partial charge < -0.3 is 15.1 Å². The summed E-state index contributed by atoms with van der Waals surface area (Å²) in [6.45, 7) is 3.91. The fourth-order valence-electron chi connectivity index (χ4n) is 3.87. The second-order valence-corrected chi connectivity index (χ2v) is 6.83. The number of carbonyl (C=O) groups is 2. The van der Waals surface area contributed by atoms with Crippen LogP contribution >= 0.6 is 0 Å². The molecule has 2 aliphatic heterocycles.